The van der Waals surface area contributed by atoms with Crippen LogP contribution in [0.15, 0.2) is 89.9 Å². The minimum atomic E-state index is -0.159. The van der Waals surface area contributed by atoms with Crippen molar-refractivity contribution in [3.05, 3.63) is 95.8 Å². The Morgan fingerprint density at radius 1 is 1.17 bits per heavy atom. The number of nitrogens with one attached hydrogen (secondary N) is 1. The third-order valence-electron chi connectivity index (χ3n) is 5.70. The van der Waals surface area contributed by atoms with Crippen LogP contribution in [-0.4, -0.2) is 40.4 Å². The van der Waals surface area contributed by atoms with Crippen LogP contribution in [0.2, 0.25) is 0 Å². The van der Waals surface area contributed by atoms with E-state index in [0.717, 1.165) is 11.3 Å². The van der Waals surface area contributed by atoms with Gasteiger partial charge in [-0.2, -0.15) is 0 Å². The van der Waals surface area contributed by atoms with Crippen LogP contribution in [0.3, 0.4) is 0 Å². The van der Waals surface area contributed by atoms with E-state index >= 15 is 0 Å². The zero-order chi connectivity index (χ0) is 24.4. The molecule has 0 aliphatic heterocycles. The maximum Gasteiger partial charge on any atom is 0.263 e. The number of nitrogens with zero attached hydrogens (tertiary/aromatic N) is 6. The van der Waals surface area contributed by atoms with Gasteiger partial charge in [0, 0.05) is 24.6 Å². The number of allylic oxidation sites excluding steroid dienone is 1. The van der Waals surface area contributed by atoms with E-state index in [1.807, 2.05) is 64.6 Å². The number of aromatic nitrogens is 6. The average Bonchev–Trinajstić information content (AvgIpc) is 3.56. The molecular weight excluding hydrogens is 462 g/mol. The number of para-hydroxylation sites is 1. The Hall–Kier alpha value is -4.18. The fourth-order valence-electron chi connectivity index (χ4n) is 3.96. The zero-order valence-electron chi connectivity index (χ0n) is 19.0. The summed E-state index contributed by atoms with van der Waals surface area (Å²) in [7, 11) is 0. The van der Waals surface area contributed by atoms with Crippen LogP contribution in [0.4, 0.5) is 0 Å². The van der Waals surface area contributed by atoms with Crippen molar-refractivity contribution < 1.29 is 4.79 Å². The van der Waals surface area contributed by atoms with E-state index in [-0.39, 0.29) is 23.3 Å². The number of imidazole rings is 1. The monoisotopic (exact) mass is 485 g/mol. The number of hydrogen-bond acceptors (Lipinski definition) is 6. The van der Waals surface area contributed by atoms with Gasteiger partial charge >= 0.3 is 0 Å². The van der Waals surface area contributed by atoms with E-state index in [1.54, 1.807) is 24.7 Å². The highest BCUT2D eigenvalue weighted by Crippen LogP contribution is 2.22. The Bertz CT molecular complexity index is 1570. The number of amides is 1. The highest BCUT2D eigenvalue weighted by atomic mass is 32.2. The van der Waals surface area contributed by atoms with Gasteiger partial charge in [-0.3, -0.25) is 18.6 Å². The first-order valence-corrected chi connectivity index (χ1v) is 12.0. The Morgan fingerprint density at radius 3 is 2.71 bits per heavy atom. The molecule has 1 N–H and O–H groups in total. The first-order valence-electron chi connectivity index (χ1n) is 11.0. The van der Waals surface area contributed by atoms with Crippen LogP contribution in [-0.2, 0) is 11.3 Å². The maximum atomic E-state index is 12.9. The second-order valence-corrected chi connectivity index (χ2v) is 8.92. The molecule has 35 heavy (non-hydrogen) atoms. The summed E-state index contributed by atoms with van der Waals surface area (Å²) in [4.78, 5) is 29.7. The lowest BCUT2D eigenvalue weighted by Crippen LogP contribution is -2.28. The molecule has 176 valence electrons. The molecule has 1 amide bonds. The second kappa shape index (κ2) is 9.59. The molecule has 0 bridgehead atoms. The van der Waals surface area contributed by atoms with Crippen molar-refractivity contribution in [3.8, 4) is 5.69 Å². The van der Waals surface area contributed by atoms with Gasteiger partial charge in [0.15, 0.2) is 5.16 Å². The molecule has 9 nitrogen and oxygen atoms in total. The third kappa shape index (κ3) is 4.35. The Balaban J connectivity index is 1.32. The van der Waals surface area contributed by atoms with Gasteiger partial charge in [0.25, 0.3) is 5.56 Å². The summed E-state index contributed by atoms with van der Waals surface area (Å²) in [5.74, 6) is 0.456. The molecule has 1 atom stereocenters. The molecule has 2 aromatic carbocycles. The van der Waals surface area contributed by atoms with E-state index in [4.69, 9.17) is 0 Å². The highest BCUT2D eigenvalue weighted by Gasteiger charge is 2.18. The normalized spacial score (nSPS) is 12.1. The molecule has 0 saturated carbocycles. The summed E-state index contributed by atoms with van der Waals surface area (Å²) in [6.07, 6.45) is 7.00. The molecule has 0 radical (unpaired) electrons. The smallest absolute Gasteiger partial charge is 0.263 e. The number of thioether (sulfide) groups is 1. The molecule has 0 fully saturated rings. The SMILES string of the molecule is C=CCn1c(=O)c2ccccc2n2c(SCC(=O)NC(C)c3ccc(-n4ccnc4)cc3)nnc12. The molecule has 3 aromatic heterocycles. The van der Waals surface area contributed by atoms with E-state index in [9.17, 15) is 9.59 Å². The largest absolute Gasteiger partial charge is 0.349 e. The molecule has 5 rings (SSSR count). The van der Waals surface area contributed by atoms with E-state index in [0.29, 0.717) is 28.4 Å². The van der Waals surface area contributed by atoms with Crippen molar-refractivity contribution in [2.75, 3.05) is 5.75 Å². The fourth-order valence-corrected chi connectivity index (χ4v) is 4.72. The highest BCUT2D eigenvalue weighted by molar-refractivity contribution is 7.99. The lowest BCUT2D eigenvalue weighted by Gasteiger charge is -2.15. The van der Waals surface area contributed by atoms with Crippen LogP contribution in [0, 0.1) is 0 Å². The van der Waals surface area contributed by atoms with Crippen molar-refractivity contribution in [1.82, 2.24) is 34.0 Å². The van der Waals surface area contributed by atoms with Crippen LogP contribution >= 0.6 is 11.8 Å². The van der Waals surface area contributed by atoms with Gasteiger partial charge in [0.1, 0.15) is 0 Å². The zero-order valence-corrected chi connectivity index (χ0v) is 19.9. The summed E-state index contributed by atoms with van der Waals surface area (Å²) < 4.78 is 5.27. The summed E-state index contributed by atoms with van der Waals surface area (Å²) >= 11 is 1.28. The Morgan fingerprint density at radius 2 is 1.97 bits per heavy atom. The number of carbonyl (C=O) groups is 1. The third-order valence-corrected chi connectivity index (χ3v) is 6.62. The summed E-state index contributed by atoms with van der Waals surface area (Å²) in [5.41, 5.74) is 2.55. The van der Waals surface area contributed by atoms with Gasteiger partial charge in [-0.05, 0) is 36.8 Å². The Labute approximate surface area is 205 Å². The van der Waals surface area contributed by atoms with Gasteiger partial charge in [0.2, 0.25) is 11.7 Å². The van der Waals surface area contributed by atoms with Crippen molar-refractivity contribution >= 4 is 34.3 Å². The predicted molar refractivity (Wildman–Crippen MR) is 136 cm³/mol. The standard InChI is InChI=1S/C25H23N7O2S/c1-3-13-31-23(34)20-6-4-5-7-21(20)32-24(31)28-29-25(32)35-15-22(33)27-17(2)18-8-10-19(11-9-18)30-14-12-26-16-30/h3-12,14,16-17H,1,13,15H2,2H3,(H,27,33). The molecule has 0 aliphatic rings. The van der Waals surface area contributed by atoms with E-state index < -0.39 is 0 Å². The van der Waals surface area contributed by atoms with Crippen LogP contribution < -0.4 is 10.9 Å². The average molecular weight is 486 g/mol. The number of carbonyl (C=O) groups excluding carboxylic acids is 1. The number of benzene rings is 2. The lowest BCUT2D eigenvalue weighted by atomic mass is 10.1. The lowest BCUT2D eigenvalue weighted by molar-refractivity contribution is -0.119. The number of hydrogen-bond donors (Lipinski definition) is 1. The van der Waals surface area contributed by atoms with Gasteiger partial charge in [-0.1, -0.05) is 42.1 Å². The number of fused-ring (bicyclic) bond motifs is 3. The van der Waals surface area contributed by atoms with Gasteiger partial charge < -0.3 is 9.88 Å². The van der Waals surface area contributed by atoms with Gasteiger partial charge in [-0.25, -0.2) is 4.98 Å². The van der Waals surface area contributed by atoms with Crippen LogP contribution in [0.1, 0.15) is 18.5 Å². The first kappa shape index (κ1) is 22.6. The minimum Gasteiger partial charge on any atom is -0.349 e. The summed E-state index contributed by atoms with van der Waals surface area (Å²) in [6.45, 7) is 6.00. The van der Waals surface area contributed by atoms with Crippen molar-refractivity contribution in [1.29, 1.82) is 0 Å². The van der Waals surface area contributed by atoms with Crippen LogP contribution in [0.5, 0.6) is 0 Å². The summed E-state index contributed by atoms with van der Waals surface area (Å²) in [6, 6.07) is 15.1. The predicted octanol–water partition coefficient (Wildman–Crippen LogP) is 3.39. The van der Waals surface area contributed by atoms with E-state index in [1.165, 1.54) is 16.3 Å². The second-order valence-electron chi connectivity index (χ2n) is 7.98. The Kier molecular flexibility index (Phi) is 6.19. The molecule has 0 saturated heterocycles. The minimum absolute atomic E-state index is 0.123. The molecule has 0 spiro atoms. The molecule has 3 heterocycles. The van der Waals surface area contributed by atoms with E-state index in [2.05, 4.69) is 27.1 Å². The van der Waals surface area contributed by atoms with Gasteiger partial charge in [0.05, 0.1) is 29.0 Å². The molecule has 5 aromatic rings. The number of rotatable bonds is 8. The van der Waals surface area contributed by atoms with Crippen molar-refractivity contribution in [2.24, 2.45) is 0 Å². The first-order chi connectivity index (χ1) is 17.1. The topological polar surface area (TPSA) is 99.1 Å². The van der Waals surface area contributed by atoms with Gasteiger partial charge in [-0.15, -0.1) is 16.8 Å². The summed E-state index contributed by atoms with van der Waals surface area (Å²) in [5, 5.41) is 12.6. The van der Waals surface area contributed by atoms with Crippen LogP contribution in [0.25, 0.3) is 22.4 Å². The molecule has 10 heteroatoms. The molecule has 1 unspecified atom stereocenters. The van der Waals surface area contributed by atoms with Crippen molar-refractivity contribution in [3.63, 3.8) is 0 Å². The molecule has 0 aliphatic carbocycles. The quantitative estimate of drug-likeness (QED) is 0.267. The maximum absolute atomic E-state index is 12.9. The fraction of sp³-hybridized carbons (Fsp3) is 0.160. The van der Waals surface area contributed by atoms with Crippen molar-refractivity contribution in [2.45, 2.75) is 24.7 Å². The molecular formula is C25H23N7O2S.